The van der Waals surface area contributed by atoms with Crippen LogP contribution in [0.2, 0.25) is 0 Å². The lowest BCUT2D eigenvalue weighted by atomic mass is 9.96. The van der Waals surface area contributed by atoms with Crippen molar-refractivity contribution >= 4 is 40.3 Å². The molecule has 0 aliphatic heterocycles. The Morgan fingerprint density at radius 1 is 0.915 bits per heavy atom. The molecule has 1 heterocycles. The zero-order valence-corrected chi connectivity index (χ0v) is 24.6. The number of methoxy groups -OCH3 is 1. The van der Waals surface area contributed by atoms with Gasteiger partial charge >= 0.3 is 24.2 Å². The number of furan rings is 1. The van der Waals surface area contributed by atoms with Crippen LogP contribution in [0.3, 0.4) is 0 Å². The second-order valence-electron chi connectivity index (χ2n) is 9.86. The van der Waals surface area contributed by atoms with Gasteiger partial charge in [-0.05, 0) is 55.0 Å². The number of carbonyl (C=O) groups excluding carboxylic acids is 4. The third-order valence-corrected chi connectivity index (χ3v) is 6.94. The monoisotopic (exact) mass is 667 g/mol. The predicted molar refractivity (Wildman–Crippen MR) is 154 cm³/mol. The average Bonchev–Trinajstić information content (AvgIpc) is 3.40. The Balaban J connectivity index is 1.98. The van der Waals surface area contributed by atoms with E-state index in [1.165, 1.54) is 49.6 Å². The summed E-state index contributed by atoms with van der Waals surface area (Å²) in [5.41, 5.74) is -1.05. The summed E-state index contributed by atoms with van der Waals surface area (Å²) in [5, 5.41) is 3.99. The maximum Gasteiger partial charge on any atom is 0.471 e. The van der Waals surface area contributed by atoms with Gasteiger partial charge in [0.15, 0.2) is 0 Å². The van der Waals surface area contributed by atoms with Crippen LogP contribution < -0.4 is 15.5 Å². The maximum atomic E-state index is 13.7. The number of fused-ring (bicyclic) bond motifs is 1. The van der Waals surface area contributed by atoms with E-state index < -0.39 is 60.0 Å². The largest absolute Gasteiger partial charge is 0.471 e. The van der Waals surface area contributed by atoms with Crippen LogP contribution in [0.15, 0.2) is 65.1 Å². The first-order valence-electron chi connectivity index (χ1n) is 13.5. The first kappa shape index (κ1) is 34.5. The SMILES string of the molecule is CCN(C(=O)C(F)(F)F)c1cc2oc(-c3ccc(F)cc3)c(C(=O)NC)c2cc1-c1cccc(C(=O)NC(C(=O)OC)C(F)(F)F)c1. The van der Waals surface area contributed by atoms with Crippen LogP contribution in [0.5, 0.6) is 0 Å². The molecule has 0 bridgehead atoms. The molecular formula is C31H24F7N3O6. The summed E-state index contributed by atoms with van der Waals surface area (Å²) in [6, 6.07) is 8.67. The van der Waals surface area contributed by atoms with E-state index in [2.05, 4.69) is 10.1 Å². The number of hydrogen-bond donors (Lipinski definition) is 2. The van der Waals surface area contributed by atoms with Crippen molar-refractivity contribution in [3.05, 3.63) is 77.6 Å². The van der Waals surface area contributed by atoms with Gasteiger partial charge in [-0.1, -0.05) is 12.1 Å². The minimum atomic E-state index is -5.33. The maximum absolute atomic E-state index is 13.7. The van der Waals surface area contributed by atoms with Gasteiger partial charge in [-0.3, -0.25) is 14.4 Å². The van der Waals surface area contributed by atoms with E-state index in [9.17, 15) is 49.9 Å². The van der Waals surface area contributed by atoms with Crippen molar-refractivity contribution in [2.75, 3.05) is 25.6 Å². The van der Waals surface area contributed by atoms with Gasteiger partial charge < -0.3 is 24.7 Å². The summed E-state index contributed by atoms with van der Waals surface area (Å²) in [4.78, 5) is 50.6. The molecule has 3 aromatic carbocycles. The van der Waals surface area contributed by atoms with Crippen LogP contribution >= 0.6 is 0 Å². The topological polar surface area (TPSA) is 118 Å². The second-order valence-corrected chi connectivity index (χ2v) is 9.86. The molecule has 0 aliphatic rings. The molecule has 0 spiro atoms. The van der Waals surface area contributed by atoms with E-state index in [-0.39, 0.29) is 44.7 Å². The Labute approximate surface area is 261 Å². The zero-order chi connectivity index (χ0) is 34.8. The molecule has 2 N–H and O–H groups in total. The number of alkyl halides is 6. The van der Waals surface area contributed by atoms with E-state index in [1.807, 2.05) is 0 Å². The smallest absolute Gasteiger partial charge is 0.467 e. The van der Waals surface area contributed by atoms with Crippen molar-refractivity contribution in [2.45, 2.75) is 25.3 Å². The van der Waals surface area contributed by atoms with Crippen molar-refractivity contribution in [1.29, 1.82) is 0 Å². The molecule has 0 radical (unpaired) electrons. The molecule has 1 aromatic heterocycles. The number of halogens is 7. The van der Waals surface area contributed by atoms with Crippen LogP contribution in [-0.4, -0.2) is 62.8 Å². The first-order chi connectivity index (χ1) is 22.0. The van der Waals surface area contributed by atoms with Crippen LogP contribution in [0, 0.1) is 5.82 Å². The molecule has 4 aromatic rings. The highest BCUT2D eigenvalue weighted by atomic mass is 19.4. The van der Waals surface area contributed by atoms with Gasteiger partial charge in [-0.2, -0.15) is 26.3 Å². The lowest BCUT2D eigenvalue weighted by Gasteiger charge is -2.25. The van der Waals surface area contributed by atoms with Crippen molar-refractivity contribution in [1.82, 2.24) is 10.6 Å². The highest BCUT2D eigenvalue weighted by Gasteiger charge is 2.47. The molecule has 0 saturated heterocycles. The number of nitrogens with zero attached hydrogens (tertiary/aromatic N) is 1. The molecule has 4 rings (SSSR count). The zero-order valence-electron chi connectivity index (χ0n) is 24.6. The highest BCUT2D eigenvalue weighted by Crippen LogP contribution is 2.42. The molecule has 248 valence electrons. The molecular weight excluding hydrogens is 643 g/mol. The summed E-state index contributed by atoms with van der Waals surface area (Å²) >= 11 is 0. The van der Waals surface area contributed by atoms with Crippen molar-refractivity contribution in [3.63, 3.8) is 0 Å². The summed E-state index contributed by atoms with van der Waals surface area (Å²) in [6.45, 7) is 0.741. The Morgan fingerprint density at radius 3 is 2.13 bits per heavy atom. The molecule has 9 nitrogen and oxygen atoms in total. The lowest BCUT2D eigenvalue weighted by Crippen LogP contribution is -2.51. The Kier molecular flexibility index (Phi) is 9.63. The first-order valence-corrected chi connectivity index (χ1v) is 13.5. The summed E-state index contributed by atoms with van der Waals surface area (Å²) < 4.78 is 105. The van der Waals surface area contributed by atoms with E-state index in [4.69, 9.17) is 4.42 Å². The van der Waals surface area contributed by atoms with E-state index in [0.717, 1.165) is 30.3 Å². The minimum absolute atomic E-state index is 0.0376. The number of benzene rings is 3. The van der Waals surface area contributed by atoms with Gasteiger partial charge in [0.2, 0.25) is 6.04 Å². The average molecular weight is 668 g/mol. The highest BCUT2D eigenvalue weighted by molar-refractivity contribution is 6.14. The number of carbonyl (C=O) groups is 4. The van der Waals surface area contributed by atoms with Gasteiger partial charge in [0.25, 0.3) is 11.8 Å². The number of anilines is 1. The van der Waals surface area contributed by atoms with E-state index >= 15 is 0 Å². The van der Waals surface area contributed by atoms with Crippen LogP contribution in [0.4, 0.5) is 36.4 Å². The number of hydrogen-bond acceptors (Lipinski definition) is 6. The minimum Gasteiger partial charge on any atom is -0.467 e. The molecule has 47 heavy (non-hydrogen) atoms. The quantitative estimate of drug-likeness (QED) is 0.176. The summed E-state index contributed by atoms with van der Waals surface area (Å²) in [7, 11) is 1.99. The fourth-order valence-corrected chi connectivity index (χ4v) is 4.75. The molecule has 0 aliphatic carbocycles. The Bertz CT molecular complexity index is 1850. The van der Waals surface area contributed by atoms with Gasteiger partial charge in [-0.25, -0.2) is 9.18 Å². The molecule has 0 saturated carbocycles. The third-order valence-electron chi connectivity index (χ3n) is 6.94. The number of rotatable bonds is 8. The summed E-state index contributed by atoms with van der Waals surface area (Å²) in [5.74, 6) is -6.82. The molecule has 3 amide bonds. The standard InChI is InChI=1S/C31H24F7N3O6/c1-4-41(29(45)31(36,37)38)21-14-22-20(23(27(43)39-2)24(47-22)15-8-10-18(32)11-9-15)13-19(21)16-6-5-7-17(12-16)26(42)40-25(28(44)46-3)30(33,34)35/h5-14,25H,4H2,1-3H3,(H,39,43)(H,40,42). The predicted octanol–water partition coefficient (Wildman–Crippen LogP) is 6.01. The van der Waals surface area contributed by atoms with Crippen molar-refractivity contribution < 1.29 is 59.1 Å². The van der Waals surface area contributed by atoms with Crippen LogP contribution in [-0.2, 0) is 14.3 Å². The van der Waals surface area contributed by atoms with Crippen molar-refractivity contribution in [3.8, 4) is 22.5 Å². The van der Waals surface area contributed by atoms with Crippen LogP contribution in [0.25, 0.3) is 33.4 Å². The fraction of sp³-hybridized carbons (Fsp3) is 0.226. The number of esters is 1. The summed E-state index contributed by atoms with van der Waals surface area (Å²) in [6.07, 6.45) is -10.6. The molecule has 1 atom stereocenters. The molecule has 1 unspecified atom stereocenters. The lowest BCUT2D eigenvalue weighted by molar-refractivity contribution is -0.180. The van der Waals surface area contributed by atoms with Gasteiger partial charge in [0.1, 0.15) is 17.2 Å². The third kappa shape index (κ3) is 7.05. The van der Waals surface area contributed by atoms with Gasteiger partial charge in [0, 0.05) is 41.7 Å². The van der Waals surface area contributed by atoms with E-state index in [1.54, 1.807) is 0 Å². The normalized spacial score (nSPS) is 12.4. The van der Waals surface area contributed by atoms with Crippen LogP contribution in [0.1, 0.15) is 27.6 Å². The molecule has 16 heteroatoms. The van der Waals surface area contributed by atoms with Gasteiger partial charge in [0.05, 0.1) is 18.4 Å². The Morgan fingerprint density at radius 2 is 1.57 bits per heavy atom. The number of nitrogens with one attached hydrogen (secondary N) is 2. The Hall–Kier alpha value is -5.41. The fourth-order valence-electron chi connectivity index (χ4n) is 4.75. The van der Waals surface area contributed by atoms with Gasteiger partial charge in [-0.15, -0.1) is 0 Å². The number of ether oxygens (including phenoxy) is 1. The van der Waals surface area contributed by atoms with Crippen molar-refractivity contribution in [2.24, 2.45) is 0 Å². The molecule has 0 fully saturated rings. The number of amides is 3. The second kappa shape index (κ2) is 13.1. The van der Waals surface area contributed by atoms with E-state index in [0.29, 0.717) is 12.0 Å².